The molecule has 1 aromatic rings. The zero-order valence-corrected chi connectivity index (χ0v) is 8.17. The molecule has 0 aliphatic rings. The smallest absolute Gasteiger partial charge is 0.239 e. The first kappa shape index (κ1) is 10.5. The van der Waals surface area contributed by atoms with Crippen LogP contribution < -0.4 is 11.1 Å². The molecule has 14 heavy (non-hydrogen) atoms. The molecule has 0 spiro atoms. The fourth-order valence-corrected chi connectivity index (χ4v) is 1.05. The predicted molar refractivity (Wildman–Crippen MR) is 53.4 cm³/mol. The minimum absolute atomic E-state index is 0.302. The SMILES string of the molecule is Cc1ccc(F)c(NC(C)C(N)=O)c1. The second kappa shape index (κ2) is 4.09. The van der Waals surface area contributed by atoms with Crippen LogP contribution in [-0.4, -0.2) is 11.9 Å². The Bertz CT molecular complexity index is 352. The van der Waals surface area contributed by atoms with Crippen molar-refractivity contribution >= 4 is 11.6 Å². The molecular formula is C10H13FN2O. The molecule has 1 unspecified atom stereocenters. The van der Waals surface area contributed by atoms with Crippen molar-refractivity contribution in [3.63, 3.8) is 0 Å². The van der Waals surface area contributed by atoms with Gasteiger partial charge in [0.05, 0.1) is 5.69 Å². The van der Waals surface area contributed by atoms with Crippen LogP contribution in [-0.2, 0) is 4.79 Å². The maximum absolute atomic E-state index is 13.2. The highest BCUT2D eigenvalue weighted by Gasteiger charge is 2.10. The number of hydrogen-bond donors (Lipinski definition) is 2. The van der Waals surface area contributed by atoms with Gasteiger partial charge in [-0.2, -0.15) is 0 Å². The summed E-state index contributed by atoms with van der Waals surface area (Å²) in [5, 5.41) is 2.70. The predicted octanol–water partition coefficient (Wildman–Crippen LogP) is 1.42. The molecule has 0 heterocycles. The summed E-state index contributed by atoms with van der Waals surface area (Å²) in [7, 11) is 0. The van der Waals surface area contributed by atoms with Crippen molar-refractivity contribution < 1.29 is 9.18 Å². The fraction of sp³-hybridized carbons (Fsp3) is 0.300. The lowest BCUT2D eigenvalue weighted by Crippen LogP contribution is -2.32. The summed E-state index contributed by atoms with van der Waals surface area (Å²) < 4.78 is 13.2. The van der Waals surface area contributed by atoms with Crippen LogP contribution in [0.3, 0.4) is 0 Å². The lowest BCUT2D eigenvalue weighted by atomic mass is 10.2. The Balaban J connectivity index is 2.85. The number of carbonyl (C=O) groups is 1. The molecule has 1 atom stereocenters. The van der Waals surface area contributed by atoms with Gasteiger partial charge in [-0.25, -0.2) is 4.39 Å². The van der Waals surface area contributed by atoms with E-state index < -0.39 is 11.9 Å². The topological polar surface area (TPSA) is 55.1 Å². The number of halogens is 1. The van der Waals surface area contributed by atoms with Gasteiger partial charge in [-0.15, -0.1) is 0 Å². The zero-order chi connectivity index (χ0) is 10.7. The van der Waals surface area contributed by atoms with E-state index in [1.54, 1.807) is 19.1 Å². The van der Waals surface area contributed by atoms with Gasteiger partial charge >= 0.3 is 0 Å². The Hall–Kier alpha value is -1.58. The number of hydrogen-bond acceptors (Lipinski definition) is 2. The van der Waals surface area contributed by atoms with Gasteiger partial charge in [0.15, 0.2) is 0 Å². The lowest BCUT2D eigenvalue weighted by molar-refractivity contribution is -0.118. The minimum atomic E-state index is -0.578. The fourth-order valence-electron chi connectivity index (χ4n) is 1.05. The maximum Gasteiger partial charge on any atom is 0.239 e. The molecule has 0 aliphatic carbocycles. The standard InChI is InChI=1S/C10H13FN2O/c1-6-3-4-8(11)9(5-6)13-7(2)10(12)14/h3-5,7,13H,1-2H3,(H2,12,14). The largest absolute Gasteiger partial charge is 0.372 e. The van der Waals surface area contributed by atoms with Gasteiger partial charge < -0.3 is 11.1 Å². The summed E-state index contributed by atoms with van der Waals surface area (Å²) in [6, 6.07) is 4.07. The third kappa shape index (κ3) is 2.45. The highest BCUT2D eigenvalue weighted by molar-refractivity contribution is 5.82. The Labute approximate surface area is 82.1 Å². The van der Waals surface area contributed by atoms with Crippen molar-refractivity contribution in [1.29, 1.82) is 0 Å². The van der Waals surface area contributed by atoms with E-state index in [-0.39, 0.29) is 5.82 Å². The first-order valence-corrected chi connectivity index (χ1v) is 4.32. The molecule has 0 bridgehead atoms. The number of amides is 1. The zero-order valence-electron chi connectivity index (χ0n) is 8.17. The molecule has 0 fully saturated rings. The summed E-state index contributed by atoms with van der Waals surface area (Å²) in [5.74, 6) is -0.894. The van der Waals surface area contributed by atoms with Crippen LogP contribution >= 0.6 is 0 Å². The van der Waals surface area contributed by atoms with Crippen LogP contribution in [0.25, 0.3) is 0 Å². The van der Waals surface area contributed by atoms with Gasteiger partial charge in [-0.1, -0.05) is 6.07 Å². The first-order chi connectivity index (χ1) is 6.50. The van der Waals surface area contributed by atoms with Crippen molar-refractivity contribution in [3.05, 3.63) is 29.6 Å². The number of aryl methyl sites for hydroxylation is 1. The summed E-state index contributed by atoms with van der Waals surface area (Å²) >= 11 is 0. The number of carbonyl (C=O) groups excluding carboxylic acids is 1. The molecule has 0 aromatic heterocycles. The number of nitrogens with one attached hydrogen (secondary N) is 1. The van der Waals surface area contributed by atoms with Gasteiger partial charge in [-0.05, 0) is 31.5 Å². The number of benzene rings is 1. The van der Waals surface area contributed by atoms with Crippen LogP contribution in [0.1, 0.15) is 12.5 Å². The van der Waals surface area contributed by atoms with Crippen LogP contribution in [0.4, 0.5) is 10.1 Å². The van der Waals surface area contributed by atoms with Gasteiger partial charge in [0.25, 0.3) is 0 Å². The van der Waals surface area contributed by atoms with E-state index in [4.69, 9.17) is 5.73 Å². The van der Waals surface area contributed by atoms with Gasteiger partial charge in [-0.3, -0.25) is 4.79 Å². The quantitative estimate of drug-likeness (QED) is 0.768. The Kier molecular flexibility index (Phi) is 3.06. The molecule has 3 N–H and O–H groups in total. The van der Waals surface area contributed by atoms with E-state index in [9.17, 15) is 9.18 Å². The van der Waals surface area contributed by atoms with Crippen molar-refractivity contribution in [1.82, 2.24) is 0 Å². The van der Waals surface area contributed by atoms with Crippen LogP contribution in [0, 0.1) is 12.7 Å². The van der Waals surface area contributed by atoms with Crippen LogP contribution in [0.2, 0.25) is 0 Å². The average Bonchev–Trinajstić information content (AvgIpc) is 2.11. The molecule has 0 saturated carbocycles. The van der Waals surface area contributed by atoms with Crippen molar-refractivity contribution in [2.24, 2.45) is 5.73 Å². The number of anilines is 1. The van der Waals surface area contributed by atoms with Gasteiger partial charge in [0.2, 0.25) is 5.91 Å². The molecule has 0 aliphatic heterocycles. The normalized spacial score (nSPS) is 12.2. The second-order valence-electron chi connectivity index (χ2n) is 3.25. The van der Waals surface area contributed by atoms with E-state index in [1.165, 1.54) is 6.07 Å². The van der Waals surface area contributed by atoms with Gasteiger partial charge in [0, 0.05) is 0 Å². The minimum Gasteiger partial charge on any atom is -0.372 e. The van der Waals surface area contributed by atoms with Crippen LogP contribution in [0.5, 0.6) is 0 Å². The summed E-state index contributed by atoms with van der Waals surface area (Å²) in [6.07, 6.45) is 0. The average molecular weight is 196 g/mol. The van der Waals surface area contributed by atoms with Crippen LogP contribution in [0.15, 0.2) is 18.2 Å². The molecule has 0 radical (unpaired) electrons. The van der Waals surface area contributed by atoms with E-state index in [0.29, 0.717) is 5.69 Å². The molecular weight excluding hydrogens is 183 g/mol. The number of primary amides is 1. The molecule has 1 aromatic carbocycles. The third-order valence-electron chi connectivity index (χ3n) is 1.92. The van der Waals surface area contributed by atoms with E-state index >= 15 is 0 Å². The van der Waals surface area contributed by atoms with E-state index in [2.05, 4.69) is 5.32 Å². The Morgan fingerprint density at radius 1 is 1.57 bits per heavy atom. The van der Waals surface area contributed by atoms with E-state index in [0.717, 1.165) is 5.56 Å². The number of nitrogens with two attached hydrogens (primary N) is 1. The molecule has 76 valence electrons. The molecule has 4 heteroatoms. The molecule has 0 saturated heterocycles. The second-order valence-corrected chi connectivity index (χ2v) is 3.25. The summed E-state index contributed by atoms with van der Waals surface area (Å²) in [4.78, 5) is 10.7. The highest BCUT2D eigenvalue weighted by atomic mass is 19.1. The highest BCUT2D eigenvalue weighted by Crippen LogP contribution is 2.16. The maximum atomic E-state index is 13.2. The molecule has 1 amide bonds. The molecule has 1 rings (SSSR count). The third-order valence-corrected chi connectivity index (χ3v) is 1.92. The van der Waals surface area contributed by atoms with E-state index in [1.807, 2.05) is 6.92 Å². The first-order valence-electron chi connectivity index (χ1n) is 4.32. The lowest BCUT2D eigenvalue weighted by Gasteiger charge is -2.12. The monoisotopic (exact) mass is 196 g/mol. The Morgan fingerprint density at radius 2 is 2.21 bits per heavy atom. The Morgan fingerprint density at radius 3 is 2.79 bits per heavy atom. The van der Waals surface area contributed by atoms with Crippen molar-refractivity contribution in [3.8, 4) is 0 Å². The number of rotatable bonds is 3. The van der Waals surface area contributed by atoms with Gasteiger partial charge in [0.1, 0.15) is 11.9 Å². The van der Waals surface area contributed by atoms with Crippen molar-refractivity contribution in [2.75, 3.05) is 5.32 Å². The summed E-state index contributed by atoms with van der Waals surface area (Å²) in [6.45, 7) is 3.43. The molecule has 3 nitrogen and oxygen atoms in total. The summed E-state index contributed by atoms with van der Waals surface area (Å²) in [5.41, 5.74) is 6.27. The van der Waals surface area contributed by atoms with Crippen molar-refractivity contribution in [2.45, 2.75) is 19.9 Å².